The first-order valence-corrected chi connectivity index (χ1v) is 5.47. The zero-order valence-corrected chi connectivity index (χ0v) is 9.80. The smallest absolute Gasteiger partial charge is 0.0692 e. The topological polar surface area (TPSA) is 20.2 Å². The van der Waals surface area contributed by atoms with Crippen LogP contribution in [0.2, 0.25) is 0 Å². The van der Waals surface area contributed by atoms with Crippen molar-refractivity contribution >= 4 is 0 Å². The Morgan fingerprint density at radius 1 is 1.50 bits per heavy atom. The molecule has 1 aliphatic carbocycles. The molecule has 0 radical (unpaired) electrons. The van der Waals surface area contributed by atoms with Gasteiger partial charge in [-0.05, 0) is 38.5 Å². The Balaban J connectivity index is 2.59. The third kappa shape index (κ3) is 2.71. The SMILES string of the molecule is CC1=C(CC=CC(C)O)CCC1(C)C. The summed E-state index contributed by atoms with van der Waals surface area (Å²) in [5.74, 6) is 0. The van der Waals surface area contributed by atoms with E-state index < -0.39 is 0 Å². The maximum absolute atomic E-state index is 9.09. The molecule has 0 heterocycles. The molecule has 0 aliphatic heterocycles. The van der Waals surface area contributed by atoms with Gasteiger partial charge in [-0.15, -0.1) is 0 Å². The molecule has 14 heavy (non-hydrogen) atoms. The summed E-state index contributed by atoms with van der Waals surface area (Å²) in [6.07, 6.45) is 7.15. The zero-order valence-electron chi connectivity index (χ0n) is 9.80. The van der Waals surface area contributed by atoms with Crippen molar-refractivity contribution in [3.05, 3.63) is 23.3 Å². The molecular weight excluding hydrogens is 172 g/mol. The van der Waals surface area contributed by atoms with Crippen LogP contribution < -0.4 is 0 Å². The summed E-state index contributed by atoms with van der Waals surface area (Å²) >= 11 is 0. The summed E-state index contributed by atoms with van der Waals surface area (Å²) in [6.45, 7) is 8.66. The van der Waals surface area contributed by atoms with Gasteiger partial charge in [0.2, 0.25) is 0 Å². The molecule has 0 aromatic carbocycles. The highest BCUT2D eigenvalue weighted by Gasteiger charge is 2.28. The van der Waals surface area contributed by atoms with Crippen molar-refractivity contribution in [1.82, 2.24) is 0 Å². The molecule has 1 rings (SSSR count). The first kappa shape index (κ1) is 11.5. The summed E-state index contributed by atoms with van der Waals surface area (Å²) in [5.41, 5.74) is 3.51. The fraction of sp³-hybridized carbons (Fsp3) is 0.692. The van der Waals surface area contributed by atoms with Crippen molar-refractivity contribution in [3.63, 3.8) is 0 Å². The van der Waals surface area contributed by atoms with Crippen molar-refractivity contribution < 1.29 is 5.11 Å². The predicted octanol–water partition coefficient (Wildman–Crippen LogP) is 3.45. The van der Waals surface area contributed by atoms with Gasteiger partial charge in [0.25, 0.3) is 0 Å². The molecule has 0 bridgehead atoms. The first-order valence-electron chi connectivity index (χ1n) is 5.47. The van der Waals surface area contributed by atoms with Crippen LogP contribution in [0, 0.1) is 5.41 Å². The number of hydrogen-bond donors (Lipinski definition) is 1. The molecule has 1 aliphatic rings. The number of aliphatic hydroxyl groups is 1. The second kappa shape index (κ2) is 4.31. The van der Waals surface area contributed by atoms with E-state index in [0.717, 1.165) is 6.42 Å². The van der Waals surface area contributed by atoms with Gasteiger partial charge >= 0.3 is 0 Å². The Kier molecular flexibility index (Phi) is 3.54. The summed E-state index contributed by atoms with van der Waals surface area (Å²) in [7, 11) is 0. The molecule has 0 aromatic rings. The van der Waals surface area contributed by atoms with Gasteiger partial charge in [0.15, 0.2) is 0 Å². The molecule has 0 fully saturated rings. The molecule has 1 heteroatoms. The molecule has 0 spiro atoms. The summed E-state index contributed by atoms with van der Waals surface area (Å²) in [4.78, 5) is 0. The standard InChI is InChI=1S/C13H22O/c1-10(14)6-5-7-12-8-9-13(3,4)11(12)2/h5-6,10,14H,7-9H2,1-4H3. The van der Waals surface area contributed by atoms with Crippen LogP contribution in [0.1, 0.15) is 47.0 Å². The van der Waals surface area contributed by atoms with Crippen LogP contribution in [0.3, 0.4) is 0 Å². The van der Waals surface area contributed by atoms with E-state index in [9.17, 15) is 0 Å². The molecule has 1 unspecified atom stereocenters. The number of aliphatic hydroxyl groups excluding tert-OH is 1. The van der Waals surface area contributed by atoms with E-state index in [1.807, 2.05) is 6.08 Å². The molecule has 80 valence electrons. The van der Waals surface area contributed by atoms with Gasteiger partial charge in [0, 0.05) is 0 Å². The normalized spacial score (nSPS) is 23.5. The molecule has 0 amide bonds. The zero-order chi connectivity index (χ0) is 10.8. The Morgan fingerprint density at radius 2 is 2.14 bits per heavy atom. The fourth-order valence-corrected chi connectivity index (χ4v) is 1.98. The van der Waals surface area contributed by atoms with Crippen molar-refractivity contribution in [2.75, 3.05) is 0 Å². The minimum absolute atomic E-state index is 0.315. The van der Waals surface area contributed by atoms with Gasteiger partial charge in [0.05, 0.1) is 6.10 Å². The summed E-state index contributed by atoms with van der Waals surface area (Å²) < 4.78 is 0. The Labute approximate surface area is 87.5 Å². The van der Waals surface area contributed by atoms with Crippen LogP contribution in [-0.4, -0.2) is 11.2 Å². The monoisotopic (exact) mass is 194 g/mol. The van der Waals surface area contributed by atoms with Gasteiger partial charge in [0.1, 0.15) is 0 Å². The van der Waals surface area contributed by atoms with E-state index in [4.69, 9.17) is 5.11 Å². The van der Waals surface area contributed by atoms with E-state index >= 15 is 0 Å². The quantitative estimate of drug-likeness (QED) is 0.682. The van der Waals surface area contributed by atoms with Gasteiger partial charge in [-0.3, -0.25) is 0 Å². The molecule has 0 aromatic heterocycles. The summed E-state index contributed by atoms with van der Waals surface area (Å²) in [6, 6.07) is 0. The highest BCUT2D eigenvalue weighted by molar-refractivity contribution is 5.26. The highest BCUT2D eigenvalue weighted by Crippen LogP contribution is 2.42. The van der Waals surface area contributed by atoms with Crippen LogP contribution in [0.4, 0.5) is 0 Å². The van der Waals surface area contributed by atoms with Crippen molar-refractivity contribution in [2.45, 2.75) is 53.1 Å². The lowest BCUT2D eigenvalue weighted by Gasteiger charge is -2.19. The lowest BCUT2D eigenvalue weighted by molar-refractivity contribution is 0.244. The van der Waals surface area contributed by atoms with E-state index in [0.29, 0.717) is 5.41 Å². The predicted molar refractivity (Wildman–Crippen MR) is 61.2 cm³/mol. The van der Waals surface area contributed by atoms with Crippen LogP contribution in [0.25, 0.3) is 0 Å². The first-order chi connectivity index (χ1) is 6.43. The molecular formula is C13H22O. The van der Waals surface area contributed by atoms with Crippen LogP contribution >= 0.6 is 0 Å². The van der Waals surface area contributed by atoms with Crippen molar-refractivity contribution in [2.24, 2.45) is 5.41 Å². The second-order valence-corrected chi connectivity index (χ2v) is 4.99. The average molecular weight is 194 g/mol. The lowest BCUT2D eigenvalue weighted by Crippen LogP contribution is -2.06. The number of allylic oxidation sites excluding steroid dienone is 3. The highest BCUT2D eigenvalue weighted by atomic mass is 16.3. The minimum atomic E-state index is -0.315. The Bertz CT molecular complexity index is 256. The van der Waals surface area contributed by atoms with Crippen LogP contribution in [0.5, 0.6) is 0 Å². The van der Waals surface area contributed by atoms with Gasteiger partial charge < -0.3 is 5.11 Å². The van der Waals surface area contributed by atoms with E-state index in [2.05, 4.69) is 26.8 Å². The van der Waals surface area contributed by atoms with Crippen LogP contribution in [-0.2, 0) is 0 Å². The minimum Gasteiger partial charge on any atom is -0.389 e. The maximum atomic E-state index is 9.09. The number of hydrogen-bond acceptors (Lipinski definition) is 1. The van der Waals surface area contributed by atoms with E-state index in [-0.39, 0.29) is 6.10 Å². The Hall–Kier alpha value is -0.560. The second-order valence-electron chi connectivity index (χ2n) is 4.99. The third-order valence-corrected chi connectivity index (χ3v) is 3.38. The van der Waals surface area contributed by atoms with Crippen molar-refractivity contribution in [3.8, 4) is 0 Å². The van der Waals surface area contributed by atoms with Crippen molar-refractivity contribution in [1.29, 1.82) is 0 Å². The molecule has 0 saturated heterocycles. The fourth-order valence-electron chi connectivity index (χ4n) is 1.98. The Morgan fingerprint density at radius 3 is 2.57 bits per heavy atom. The van der Waals surface area contributed by atoms with Gasteiger partial charge in [-0.2, -0.15) is 0 Å². The maximum Gasteiger partial charge on any atom is 0.0692 e. The molecule has 1 N–H and O–H groups in total. The average Bonchev–Trinajstić information content (AvgIpc) is 2.31. The molecule has 1 atom stereocenters. The lowest BCUT2D eigenvalue weighted by atomic mass is 9.86. The third-order valence-electron chi connectivity index (χ3n) is 3.38. The van der Waals surface area contributed by atoms with E-state index in [1.165, 1.54) is 12.8 Å². The number of rotatable bonds is 3. The summed E-state index contributed by atoms with van der Waals surface area (Å²) in [5, 5.41) is 9.09. The van der Waals surface area contributed by atoms with Gasteiger partial charge in [-0.25, -0.2) is 0 Å². The van der Waals surface area contributed by atoms with Gasteiger partial charge in [-0.1, -0.05) is 37.1 Å². The van der Waals surface area contributed by atoms with E-state index in [1.54, 1.807) is 18.1 Å². The van der Waals surface area contributed by atoms with Crippen LogP contribution in [0.15, 0.2) is 23.3 Å². The molecule has 0 saturated carbocycles. The largest absolute Gasteiger partial charge is 0.389 e. The molecule has 1 nitrogen and oxygen atoms in total.